The Morgan fingerprint density at radius 3 is 2.59 bits per heavy atom. The summed E-state index contributed by atoms with van der Waals surface area (Å²) in [4.78, 5) is 14.5. The van der Waals surface area contributed by atoms with Crippen LogP contribution in [0.4, 0.5) is 5.00 Å². The summed E-state index contributed by atoms with van der Waals surface area (Å²) in [6.07, 6.45) is 2.86. The summed E-state index contributed by atoms with van der Waals surface area (Å²) in [5, 5.41) is 7.71. The number of ether oxygens (including phenoxy) is 2. The zero-order valence-electron chi connectivity index (χ0n) is 20.2. The molecular weight excluding hydrogens is 444 g/mol. The lowest BCUT2D eigenvalue weighted by Crippen LogP contribution is -2.38. The topological polar surface area (TPSA) is 59.6 Å². The minimum absolute atomic E-state index is 0.00818. The molecule has 5 rings (SSSR count). The first kappa shape index (κ1) is 22.8. The van der Waals surface area contributed by atoms with E-state index < -0.39 is 0 Å². The van der Waals surface area contributed by atoms with Gasteiger partial charge in [0.25, 0.3) is 5.91 Å². The van der Waals surface area contributed by atoms with Gasteiger partial charge in [0, 0.05) is 4.88 Å². The predicted molar refractivity (Wildman–Crippen MR) is 137 cm³/mol. The van der Waals surface area contributed by atoms with Gasteiger partial charge in [-0.05, 0) is 59.4 Å². The molecule has 1 aliphatic carbocycles. The van der Waals surface area contributed by atoms with Gasteiger partial charge in [0.15, 0.2) is 11.5 Å². The molecule has 1 aliphatic heterocycles. The van der Waals surface area contributed by atoms with Crippen molar-refractivity contribution in [1.29, 1.82) is 0 Å². The monoisotopic (exact) mass is 476 g/mol. The van der Waals surface area contributed by atoms with Crippen LogP contribution in [0.5, 0.6) is 11.5 Å². The molecule has 1 amide bonds. The van der Waals surface area contributed by atoms with E-state index in [2.05, 4.69) is 31.4 Å². The number of fused-ring (bicyclic) bond motifs is 3. The first-order chi connectivity index (χ1) is 16.3. The Bertz CT molecular complexity index is 1200. The summed E-state index contributed by atoms with van der Waals surface area (Å²) in [5.41, 5.74) is 4.39. The number of thiophene rings is 1. The lowest BCUT2D eigenvalue weighted by Gasteiger charge is -2.34. The molecule has 6 heteroatoms. The van der Waals surface area contributed by atoms with Crippen LogP contribution in [0.2, 0.25) is 0 Å². The minimum atomic E-state index is -0.310. The molecule has 2 heterocycles. The molecule has 0 bridgehead atoms. The van der Waals surface area contributed by atoms with Crippen molar-refractivity contribution < 1.29 is 14.3 Å². The van der Waals surface area contributed by atoms with E-state index in [1.807, 2.05) is 48.5 Å². The highest BCUT2D eigenvalue weighted by atomic mass is 32.1. The van der Waals surface area contributed by atoms with Crippen LogP contribution in [0, 0.1) is 11.3 Å². The largest absolute Gasteiger partial charge is 0.493 e. The Kier molecular flexibility index (Phi) is 6.02. The summed E-state index contributed by atoms with van der Waals surface area (Å²) < 4.78 is 11.6. The van der Waals surface area contributed by atoms with E-state index in [-0.39, 0.29) is 17.5 Å². The molecule has 0 saturated carbocycles. The Balaban J connectivity index is 1.35. The highest BCUT2D eigenvalue weighted by Gasteiger charge is 2.36. The van der Waals surface area contributed by atoms with E-state index in [9.17, 15) is 4.79 Å². The number of carbonyl (C=O) groups excluding carboxylic acids is 1. The molecule has 2 aromatic carbocycles. The smallest absolute Gasteiger partial charge is 0.256 e. The van der Waals surface area contributed by atoms with Crippen LogP contribution < -0.4 is 20.1 Å². The second kappa shape index (κ2) is 8.99. The van der Waals surface area contributed by atoms with Gasteiger partial charge in [-0.3, -0.25) is 4.79 Å². The third-order valence-corrected chi connectivity index (χ3v) is 8.21. The Morgan fingerprint density at radius 1 is 1.06 bits per heavy atom. The van der Waals surface area contributed by atoms with Gasteiger partial charge < -0.3 is 20.1 Å². The van der Waals surface area contributed by atoms with Gasteiger partial charge in [-0.1, -0.05) is 57.2 Å². The summed E-state index contributed by atoms with van der Waals surface area (Å²) in [5.74, 6) is 1.98. The van der Waals surface area contributed by atoms with Crippen LogP contribution >= 0.6 is 11.3 Å². The summed E-state index contributed by atoms with van der Waals surface area (Å²) in [7, 11) is 1.64. The van der Waals surface area contributed by atoms with Crippen molar-refractivity contribution in [1.82, 2.24) is 5.32 Å². The van der Waals surface area contributed by atoms with Crippen LogP contribution in [-0.4, -0.2) is 13.0 Å². The SMILES string of the molecule is COc1cc([C@H]2NC(=O)c3c(sc4c3CC[C@@H](C(C)(C)C)C4)N2)ccc1OCc1ccccc1. The zero-order valence-corrected chi connectivity index (χ0v) is 21.1. The van der Waals surface area contributed by atoms with Crippen molar-refractivity contribution in [3.8, 4) is 11.5 Å². The quantitative estimate of drug-likeness (QED) is 0.451. The molecule has 178 valence electrons. The fourth-order valence-corrected chi connectivity index (χ4v) is 6.28. The van der Waals surface area contributed by atoms with Crippen LogP contribution in [0.25, 0.3) is 0 Å². The van der Waals surface area contributed by atoms with Gasteiger partial charge in [0.1, 0.15) is 17.8 Å². The molecular formula is C28H32N2O3S. The lowest BCUT2D eigenvalue weighted by molar-refractivity contribution is 0.0934. The molecule has 1 aromatic heterocycles. The molecule has 0 saturated heterocycles. The normalized spacial score (nSPS) is 19.5. The predicted octanol–water partition coefficient (Wildman–Crippen LogP) is 6.34. The molecule has 0 spiro atoms. The molecule has 2 aliphatic rings. The number of anilines is 1. The maximum Gasteiger partial charge on any atom is 0.256 e. The van der Waals surface area contributed by atoms with Gasteiger partial charge >= 0.3 is 0 Å². The average molecular weight is 477 g/mol. The van der Waals surface area contributed by atoms with E-state index in [0.29, 0.717) is 24.0 Å². The van der Waals surface area contributed by atoms with Crippen LogP contribution in [-0.2, 0) is 19.4 Å². The Morgan fingerprint density at radius 2 is 1.85 bits per heavy atom. The molecule has 34 heavy (non-hydrogen) atoms. The minimum Gasteiger partial charge on any atom is -0.493 e. The molecule has 2 atom stereocenters. The summed E-state index contributed by atoms with van der Waals surface area (Å²) >= 11 is 1.75. The molecule has 0 fully saturated rings. The molecule has 0 radical (unpaired) electrons. The summed E-state index contributed by atoms with van der Waals surface area (Å²) in [6.45, 7) is 7.42. The van der Waals surface area contributed by atoms with Crippen molar-refractivity contribution in [2.75, 3.05) is 12.4 Å². The highest BCUT2D eigenvalue weighted by Crippen LogP contribution is 2.46. The number of hydrogen-bond donors (Lipinski definition) is 2. The van der Waals surface area contributed by atoms with E-state index >= 15 is 0 Å². The van der Waals surface area contributed by atoms with Crippen molar-refractivity contribution in [3.63, 3.8) is 0 Å². The van der Waals surface area contributed by atoms with Crippen LogP contribution in [0.15, 0.2) is 48.5 Å². The van der Waals surface area contributed by atoms with E-state index in [4.69, 9.17) is 9.47 Å². The third-order valence-electron chi connectivity index (χ3n) is 7.03. The highest BCUT2D eigenvalue weighted by molar-refractivity contribution is 7.16. The average Bonchev–Trinajstić information content (AvgIpc) is 3.21. The zero-order chi connectivity index (χ0) is 23.9. The Labute approximate surface area is 205 Å². The number of benzene rings is 2. The van der Waals surface area contributed by atoms with Crippen molar-refractivity contribution in [3.05, 3.63) is 75.7 Å². The first-order valence-corrected chi connectivity index (χ1v) is 12.7. The second-order valence-electron chi connectivity index (χ2n) is 10.2. The van der Waals surface area contributed by atoms with E-state index in [0.717, 1.165) is 41.0 Å². The number of nitrogens with one attached hydrogen (secondary N) is 2. The van der Waals surface area contributed by atoms with Gasteiger partial charge in [-0.25, -0.2) is 0 Å². The molecule has 2 N–H and O–H groups in total. The maximum absolute atomic E-state index is 13.2. The molecule has 3 aromatic rings. The van der Waals surface area contributed by atoms with E-state index in [1.165, 1.54) is 10.4 Å². The fraction of sp³-hybridized carbons (Fsp3) is 0.393. The number of amides is 1. The number of methoxy groups -OCH3 is 1. The van der Waals surface area contributed by atoms with Gasteiger partial charge in [-0.15, -0.1) is 11.3 Å². The number of hydrogen-bond acceptors (Lipinski definition) is 5. The first-order valence-electron chi connectivity index (χ1n) is 11.9. The van der Waals surface area contributed by atoms with Crippen molar-refractivity contribution in [2.24, 2.45) is 11.3 Å². The Hall–Kier alpha value is -2.99. The summed E-state index contributed by atoms with van der Waals surface area (Å²) in [6, 6.07) is 15.9. The lowest BCUT2D eigenvalue weighted by atomic mass is 9.72. The second-order valence-corrected chi connectivity index (χ2v) is 11.4. The van der Waals surface area contributed by atoms with Gasteiger partial charge in [-0.2, -0.15) is 0 Å². The van der Waals surface area contributed by atoms with Crippen molar-refractivity contribution >= 4 is 22.2 Å². The van der Waals surface area contributed by atoms with Gasteiger partial charge in [0.05, 0.1) is 12.7 Å². The van der Waals surface area contributed by atoms with Crippen LogP contribution in [0.3, 0.4) is 0 Å². The number of rotatable bonds is 5. The van der Waals surface area contributed by atoms with Crippen molar-refractivity contribution in [2.45, 2.75) is 52.8 Å². The third kappa shape index (κ3) is 4.39. The fourth-order valence-electron chi connectivity index (χ4n) is 4.92. The maximum atomic E-state index is 13.2. The van der Waals surface area contributed by atoms with Gasteiger partial charge in [0.2, 0.25) is 0 Å². The van der Waals surface area contributed by atoms with Crippen LogP contribution in [0.1, 0.15) is 65.3 Å². The number of carbonyl (C=O) groups is 1. The molecule has 5 nitrogen and oxygen atoms in total. The van der Waals surface area contributed by atoms with E-state index in [1.54, 1.807) is 18.4 Å². The standard InChI is InChI=1S/C28H32N2O3S/c1-28(2,3)19-11-12-20-23(15-19)34-27-24(20)26(31)29-25(30-27)18-10-13-21(22(14-18)32-4)33-16-17-8-6-5-7-9-17/h5-10,13-14,19,25,30H,11-12,15-16H2,1-4H3,(H,29,31)/t19-,25+/m1/s1. The molecule has 0 unspecified atom stereocenters.